The third-order valence-corrected chi connectivity index (χ3v) is 4.99. The molecule has 3 nitrogen and oxygen atoms in total. The van der Waals surface area contributed by atoms with E-state index in [1.807, 2.05) is 17.9 Å². The molecule has 3 unspecified atom stereocenters. The fourth-order valence-corrected chi connectivity index (χ4v) is 3.59. The van der Waals surface area contributed by atoms with Gasteiger partial charge in [-0.25, -0.2) is 0 Å². The van der Waals surface area contributed by atoms with Crippen molar-refractivity contribution in [2.75, 3.05) is 6.54 Å². The predicted molar refractivity (Wildman–Crippen MR) is 79.7 cm³/mol. The second kappa shape index (κ2) is 6.56. The van der Waals surface area contributed by atoms with Crippen LogP contribution in [0.3, 0.4) is 0 Å². The predicted octanol–water partition coefficient (Wildman–Crippen LogP) is 3.00. The highest BCUT2D eigenvalue weighted by Gasteiger charge is 2.30. The first-order valence-corrected chi connectivity index (χ1v) is 7.77. The first-order valence-electron chi connectivity index (χ1n) is 7.77. The van der Waals surface area contributed by atoms with E-state index >= 15 is 0 Å². The Balaban J connectivity index is 1.91. The van der Waals surface area contributed by atoms with E-state index in [2.05, 4.69) is 25.1 Å². The zero-order valence-corrected chi connectivity index (χ0v) is 12.7. The van der Waals surface area contributed by atoms with Crippen LogP contribution in [0.15, 0.2) is 12.4 Å². The summed E-state index contributed by atoms with van der Waals surface area (Å²) < 4.78 is 1.90. The number of nitrogens with zero attached hydrogens (tertiary/aromatic N) is 2. The van der Waals surface area contributed by atoms with Gasteiger partial charge in [0.2, 0.25) is 0 Å². The lowest BCUT2D eigenvalue weighted by Crippen LogP contribution is -2.32. The summed E-state index contributed by atoms with van der Waals surface area (Å²) in [6.07, 6.45) is 10.6. The molecule has 19 heavy (non-hydrogen) atoms. The van der Waals surface area contributed by atoms with Crippen molar-refractivity contribution in [1.29, 1.82) is 0 Å². The van der Waals surface area contributed by atoms with Crippen molar-refractivity contribution in [3.8, 4) is 0 Å². The summed E-state index contributed by atoms with van der Waals surface area (Å²) in [6.45, 7) is 5.60. The van der Waals surface area contributed by atoms with Crippen molar-refractivity contribution >= 4 is 0 Å². The molecule has 1 heterocycles. The zero-order valence-electron chi connectivity index (χ0n) is 12.7. The quantitative estimate of drug-likeness (QED) is 0.887. The largest absolute Gasteiger partial charge is 0.330 e. The molecule has 0 aromatic carbocycles. The van der Waals surface area contributed by atoms with Gasteiger partial charge in [-0.05, 0) is 67.9 Å². The van der Waals surface area contributed by atoms with Gasteiger partial charge in [-0.15, -0.1) is 0 Å². The average Bonchev–Trinajstić information content (AvgIpc) is 2.81. The van der Waals surface area contributed by atoms with Crippen LogP contribution in [0.5, 0.6) is 0 Å². The van der Waals surface area contributed by atoms with Gasteiger partial charge in [0, 0.05) is 13.2 Å². The van der Waals surface area contributed by atoms with Crippen molar-refractivity contribution in [2.24, 2.45) is 36.5 Å². The highest BCUT2D eigenvalue weighted by atomic mass is 15.2. The summed E-state index contributed by atoms with van der Waals surface area (Å²) in [6, 6.07) is 0. The monoisotopic (exact) mass is 263 g/mol. The van der Waals surface area contributed by atoms with Crippen LogP contribution < -0.4 is 5.73 Å². The molecule has 3 atom stereocenters. The number of rotatable bonds is 5. The maximum Gasteiger partial charge on any atom is 0.0521 e. The number of hydrogen-bond donors (Lipinski definition) is 1. The van der Waals surface area contributed by atoms with Gasteiger partial charge < -0.3 is 5.73 Å². The molecule has 1 saturated carbocycles. The Morgan fingerprint density at radius 1 is 1.37 bits per heavy atom. The summed E-state index contributed by atoms with van der Waals surface area (Å²) in [5.74, 6) is 3.28. The molecular weight excluding hydrogens is 234 g/mol. The van der Waals surface area contributed by atoms with Gasteiger partial charge >= 0.3 is 0 Å². The molecule has 1 aliphatic carbocycles. The molecule has 0 amide bonds. The molecule has 0 radical (unpaired) electrons. The lowest BCUT2D eigenvalue weighted by molar-refractivity contribution is 0.144. The highest BCUT2D eigenvalue weighted by molar-refractivity contribution is 5.04. The number of nitrogens with two attached hydrogens (primary N) is 1. The number of aromatic nitrogens is 2. The normalized spacial score (nSPS) is 27.9. The molecule has 1 aromatic heterocycles. The number of aryl methyl sites for hydroxylation is 2. The summed E-state index contributed by atoms with van der Waals surface area (Å²) in [7, 11) is 1.99. The molecule has 0 bridgehead atoms. The molecular formula is C16H29N3. The standard InChI is InChI=1S/C16H29N3/c1-12(2)14-6-7-16(9-17)15(8-14)5-4-13-10-18-19(3)11-13/h10-12,14-16H,4-9,17H2,1-3H3. The van der Waals surface area contributed by atoms with Gasteiger partial charge in [-0.2, -0.15) is 5.10 Å². The van der Waals surface area contributed by atoms with Crippen LogP contribution in [-0.4, -0.2) is 16.3 Å². The minimum absolute atomic E-state index is 0.742. The van der Waals surface area contributed by atoms with Gasteiger partial charge in [0.1, 0.15) is 0 Å². The Labute approximate surface area is 117 Å². The fourth-order valence-electron chi connectivity index (χ4n) is 3.59. The topological polar surface area (TPSA) is 43.8 Å². The van der Waals surface area contributed by atoms with Crippen molar-refractivity contribution in [2.45, 2.75) is 46.0 Å². The lowest BCUT2D eigenvalue weighted by Gasteiger charge is -2.37. The van der Waals surface area contributed by atoms with Crippen molar-refractivity contribution in [1.82, 2.24) is 9.78 Å². The summed E-state index contributed by atoms with van der Waals surface area (Å²) >= 11 is 0. The van der Waals surface area contributed by atoms with E-state index in [1.54, 1.807) is 0 Å². The second-order valence-electron chi connectivity index (χ2n) is 6.63. The SMILES string of the molecule is CC(C)C1CCC(CN)C(CCc2cnn(C)c2)C1. The van der Waals surface area contributed by atoms with E-state index in [0.29, 0.717) is 0 Å². The maximum atomic E-state index is 5.97. The van der Waals surface area contributed by atoms with Crippen molar-refractivity contribution < 1.29 is 0 Å². The molecule has 2 N–H and O–H groups in total. The van der Waals surface area contributed by atoms with Gasteiger partial charge in [-0.3, -0.25) is 4.68 Å². The third kappa shape index (κ3) is 3.82. The Kier molecular flexibility index (Phi) is 5.03. The Hall–Kier alpha value is -0.830. The van der Waals surface area contributed by atoms with Gasteiger partial charge in [0.15, 0.2) is 0 Å². The van der Waals surface area contributed by atoms with Crippen molar-refractivity contribution in [3.05, 3.63) is 18.0 Å². The van der Waals surface area contributed by atoms with Crippen LogP contribution >= 0.6 is 0 Å². The molecule has 3 heteroatoms. The average molecular weight is 263 g/mol. The van der Waals surface area contributed by atoms with Crippen LogP contribution in [0.25, 0.3) is 0 Å². The van der Waals surface area contributed by atoms with Gasteiger partial charge in [-0.1, -0.05) is 13.8 Å². The van der Waals surface area contributed by atoms with E-state index in [4.69, 9.17) is 5.73 Å². The van der Waals surface area contributed by atoms with Gasteiger partial charge in [0.25, 0.3) is 0 Å². The molecule has 0 spiro atoms. The molecule has 0 aliphatic heterocycles. The summed E-state index contributed by atoms with van der Waals surface area (Å²) in [5.41, 5.74) is 7.34. The first-order chi connectivity index (χ1) is 9.10. The molecule has 1 aliphatic rings. The van der Waals surface area contributed by atoms with E-state index in [1.165, 1.54) is 31.2 Å². The summed E-state index contributed by atoms with van der Waals surface area (Å²) in [4.78, 5) is 0. The summed E-state index contributed by atoms with van der Waals surface area (Å²) in [5, 5.41) is 4.25. The van der Waals surface area contributed by atoms with Gasteiger partial charge in [0.05, 0.1) is 6.20 Å². The van der Waals surface area contributed by atoms with Crippen LogP contribution in [0.2, 0.25) is 0 Å². The molecule has 1 fully saturated rings. The second-order valence-corrected chi connectivity index (χ2v) is 6.63. The minimum atomic E-state index is 0.742. The van der Waals surface area contributed by atoms with E-state index in [9.17, 15) is 0 Å². The van der Waals surface area contributed by atoms with E-state index in [-0.39, 0.29) is 0 Å². The van der Waals surface area contributed by atoms with E-state index < -0.39 is 0 Å². The molecule has 2 rings (SSSR count). The number of hydrogen-bond acceptors (Lipinski definition) is 2. The Bertz CT molecular complexity index is 383. The molecule has 108 valence electrons. The van der Waals surface area contributed by atoms with Crippen LogP contribution in [0.1, 0.15) is 45.1 Å². The Morgan fingerprint density at radius 3 is 2.74 bits per heavy atom. The lowest BCUT2D eigenvalue weighted by atomic mass is 9.69. The van der Waals surface area contributed by atoms with Crippen LogP contribution in [0, 0.1) is 23.7 Å². The molecule has 0 saturated heterocycles. The van der Waals surface area contributed by atoms with Crippen LogP contribution in [-0.2, 0) is 13.5 Å². The zero-order chi connectivity index (χ0) is 13.8. The maximum absolute atomic E-state index is 5.97. The Morgan fingerprint density at radius 2 is 2.16 bits per heavy atom. The molecule has 1 aromatic rings. The first kappa shape index (κ1) is 14.6. The van der Waals surface area contributed by atoms with Crippen LogP contribution in [0.4, 0.5) is 0 Å². The van der Waals surface area contributed by atoms with Crippen molar-refractivity contribution in [3.63, 3.8) is 0 Å². The fraction of sp³-hybridized carbons (Fsp3) is 0.812. The van der Waals surface area contributed by atoms with E-state index in [0.717, 1.165) is 36.6 Å². The minimum Gasteiger partial charge on any atom is -0.330 e. The highest BCUT2D eigenvalue weighted by Crippen LogP contribution is 2.39. The third-order valence-electron chi connectivity index (χ3n) is 4.99. The smallest absolute Gasteiger partial charge is 0.0521 e.